The number of carbonyl (C=O) groups is 3. The first-order valence-electron chi connectivity index (χ1n) is 27.6. The van der Waals surface area contributed by atoms with Gasteiger partial charge in [-0.15, -0.1) is 0 Å². The lowest BCUT2D eigenvalue weighted by molar-refractivity contribution is -0.138. The minimum Gasteiger partial charge on any atom is -0.508 e. The zero-order chi connectivity index (χ0) is 51.7. The Labute approximate surface area is 436 Å². The summed E-state index contributed by atoms with van der Waals surface area (Å²) in [6.45, 7) is 11.1. The summed E-state index contributed by atoms with van der Waals surface area (Å²) in [5.41, 5.74) is 4.20. The zero-order valence-electron chi connectivity index (χ0n) is 43.4. The van der Waals surface area contributed by atoms with E-state index in [0.717, 1.165) is 94.4 Å². The molecule has 6 fully saturated rings. The van der Waals surface area contributed by atoms with Gasteiger partial charge in [-0.2, -0.15) is 15.1 Å². The summed E-state index contributed by atoms with van der Waals surface area (Å²) in [4.78, 5) is 61.6. The number of hydrogen-bond acceptors (Lipinski definition) is 12. The topological polar surface area (TPSA) is 162 Å². The van der Waals surface area contributed by atoms with Gasteiger partial charge in [-0.3, -0.25) is 34.3 Å². The van der Waals surface area contributed by atoms with Crippen molar-refractivity contribution in [2.24, 2.45) is 18.4 Å². The number of imide groups is 1. The Hall–Kier alpha value is -6.33. The molecule has 1 saturated carbocycles. The van der Waals surface area contributed by atoms with Crippen LogP contribution in [0.25, 0.3) is 43.8 Å². The fourth-order valence-corrected chi connectivity index (χ4v) is 13.7. The lowest BCUT2D eigenvalue weighted by Crippen LogP contribution is -2.57. The number of nitrogens with zero attached hydrogens (tertiary/aromatic N) is 9. The first-order valence-corrected chi connectivity index (χ1v) is 27.6. The zero-order valence-corrected chi connectivity index (χ0v) is 43.4. The van der Waals surface area contributed by atoms with E-state index in [1.807, 2.05) is 18.7 Å². The molecule has 12 rings (SSSR count). The minimum atomic E-state index is -0.683. The molecule has 6 aromatic rings. The molecular formula is C58H68F2N10O5. The summed E-state index contributed by atoms with van der Waals surface area (Å²) in [6, 6.07) is 13.2. The third kappa shape index (κ3) is 9.46. The van der Waals surface area contributed by atoms with Gasteiger partial charge < -0.3 is 24.5 Å². The lowest BCUT2D eigenvalue weighted by atomic mass is 9.59. The molecule has 2 atom stereocenters. The molecule has 0 bridgehead atoms. The van der Waals surface area contributed by atoms with Crippen LogP contribution in [0.3, 0.4) is 0 Å². The number of rotatable bonds is 10. The third-order valence-corrected chi connectivity index (χ3v) is 18.0. The summed E-state index contributed by atoms with van der Waals surface area (Å²) in [7, 11) is 1.93. The van der Waals surface area contributed by atoms with Crippen molar-refractivity contribution in [3.63, 3.8) is 0 Å². The van der Waals surface area contributed by atoms with E-state index >= 15 is 8.78 Å². The van der Waals surface area contributed by atoms with Gasteiger partial charge in [0.05, 0.1) is 29.1 Å². The Balaban J connectivity index is 0.640. The van der Waals surface area contributed by atoms with Crippen LogP contribution in [0.5, 0.6) is 11.8 Å². The summed E-state index contributed by atoms with van der Waals surface area (Å²) in [6.07, 6.45) is 12.7. The SMILES string of the molecule is CCc1c(F)ccc2cc(O)cc(-c3ncc4c(N5CCC[C@H](C)C5)nc(OC5CCN(CC(=O)N6CCC7(CC6)CC(N6CCC(c8ccc9c(C%10CCC(=O)NC%10=O)nn(C)c9c8)CC6)C7)CC5)nc4c3F)c12. The molecular weight excluding hydrogens is 955 g/mol. The Kier molecular flexibility index (Phi) is 13.2. The van der Waals surface area contributed by atoms with Crippen LogP contribution in [-0.4, -0.2) is 133 Å². The monoisotopic (exact) mass is 1020 g/mol. The van der Waals surface area contributed by atoms with Crippen molar-refractivity contribution in [2.45, 2.75) is 121 Å². The molecule has 6 aliphatic rings. The molecule has 1 spiro atoms. The van der Waals surface area contributed by atoms with Gasteiger partial charge in [-0.05, 0) is 154 Å². The number of benzene rings is 3. The lowest BCUT2D eigenvalue weighted by Gasteiger charge is -2.56. The molecule has 75 heavy (non-hydrogen) atoms. The number of piperidine rings is 5. The van der Waals surface area contributed by atoms with E-state index in [-0.39, 0.29) is 46.8 Å². The van der Waals surface area contributed by atoms with Gasteiger partial charge >= 0.3 is 6.01 Å². The molecule has 1 unspecified atom stereocenters. The molecule has 5 aliphatic heterocycles. The molecule has 2 N–H and O–H groups in total. The van der Waals surface area contributed by atoms with Crippen molar-refractivity contribution >= 4 is 56.1 Å². The van der Waals surface area contributed by atoms with Crippen molar-refractivity contribution in [3.8, 4) is 23.0 Å². The number of nitrogens with one attached hydrogen (secondary N) is 1. The number of halogens is 2. The fourth-order valence-electron chi connectivity index (χ4n) is 13.7. The molecule has 0 radical (unpaired) electrons. The quantitative estimate of drug-likeness (QED) is 0.126. The van der Waals surface area contributed by atoms with Crippen LogP contribution in [0.1, 0.15) is 120 Å². The molecule has 5 saturated heterocycles. The van der Waals surface area contributed by atoms with Gasteiger partial charge in [0, 0.05) is 75.9 Å². The van der Waals surface area contributed by atoms with Crippen LogP contribution in [0.2, 0.25) is 0 Å². The molecule has 17 heteroatoms. The number of amides is 3. The highest BCUT2D eigenvalue weighted by molar-refractivity contribution is 6.03. The van der Waals surface area contributed by atoms with Crippen molar-refractivity contribution in [2.75, 3.05) is 63.8 Å². The largest absolute Gasteiger partial charge is 0.508 e. The van der Waals surface area contributed by atoms with Crippen molar-refractivity contribution < 1.29 is 33.0 Å². The highest BCUT2D eigenvalue weighted by Crippen LogP contribution is 2.52. The van der Waals surface area contributed by atoms with Crippen LogP contribution < -0.4 is 15.0 Å². The highest BCUT2D eigenvalue weighted by atomic mass is 19.1. The summed E-state index contributed by atoms with van der Waals surface area (Å²) in [5, 5.41) is 20.5. The van der Waals surface area contributed by atoms with Gasteiger partial charge in [-0.1, -0.05) is 32.0 Å². The normalized spacial score (nSPS) is 22.6. The number of fused-ring (bicyclic) bond motifs is 3. The van der Waals surface area contributed by atoms with Crippen LogP contribution in [0.15, 0.2) is 48.7 Å². The van der Waals surface area contributed by atoms with Gasteiger partial charge in [-0.25, -0.2) is 8.78 Å². The molecule has 394 valence electrons. The van der Waals surface area contributed by atoms with Crippen molar-refractivity contribution in [3.05, 3.63) is 77.1 Å². The predicted octanol–water partition coefficient (Wildman–Crippen LogP) is 8.53. The number of carbonyl (C=O) groups excluding carboxylic acids is 3. The van der Waals surface area contributed by atoms with Crippen molar-refractivity contribution in [1.82, 2.24) is 44.7 Å². The van der Waals surface area contributed by atoms with Crippen LogP contribution in [0, 0.1) is 23.0 Å². The standard InChI is InChI=1S/C58H68F2N10O5/c1-4-41-46(59)11-8-37-26-39(71)28-44(50(37)41)53-51(60)54-45(31-61-53)55(70-19-5-6-34(2)32-70)64-57(63-54)75-40-15-20-67(21-16-40)33-49(73)69-24-17-58(18-25-69)29-38(30-58)68-22-13-35(14-23-68)36-7-9-42-47(27-36)66(3)65-52(42)43-10-12-48(72)62-56(43)74/h7-9,11,26-28,31,34-35,38,40,43,71H,4-6,10,12-25,29-30,32-33H2,1-3H3,(H,62,72,74)/t34-,43?/m0/s1. The predicted molar refractivity (Wildman–Crippen MR) is 283 cm³/mol. The number of ether oxygens (including phenoxy) is 1. The Bertz CT molecular complexity index is 3210. The maximum absolute atomic E-state index is 17.1. The van der Waals surface area contributed by atoms with E-state index in [2.05, 4.69) is 55.0 Å². The van der Waals surface area contributed by atoms with Crippen LogP contribution in [0.4, 0.5) is 14.6 Å². The maximum atomic E-state index is 17.1. The number of phenols is 1. The van der Waals surface area contributed by atoms with Crippen LogP contribution in [-0.2, 0) is 27.9 Å². The highest BCUT2D eigenvalue weighted by Gasteiger charge is 2.49. The number of aromatic nitrogens is 5. The first-order chi connectivity index (χ1) is 36.3. The van der Waals surface area contributed by atoms with E-state index in [9.17, 15) is 19.5 Å². The number of anilines is 1. The molecule has 3 aromatic heterocycles. The second-order valence-electron chi connectivity index (χ2n) is 22.8. The van der Waals surface area contributed by atoms with E-state index in [4.69, 9.17) is 19.8 Å². The number of aromatic hydroxyl groups is 1. The van der Waals surface area contributed by atoms with Gasteiger partial charge in [0.1, 0.15) is 34.7 Å². The Morgan fingerprint density at radius 2 is 1.69 bits per heavy atom. The molecule has 8 heterocycles. The molecule has 3 amide bonds. The molecule has 3 aromatic carbocycles. The molecule has 15 nitrogen and oxygen atoms in total. The van der Waals surface area contributed by atoms with E-state index < -0.39 is 17.6 Å². The first kappa shape index (κ1) is 49.5. The van der Waals surface area contributed by atoms with Crippen LogP contribution >= 0.6 is 0 Å². The van der Waals surface area contributed by atoms with E-state index in [1.165, 1.54) is 30.5 Å². The smallest absolute Gasteiger partial charge is 0.319 e. The number of aryl methyl sites for hydroxylation is 2. The number of phenolic OH excluding ortho intramolecular Hbond substituents is 1. The summed E-state index contributed by atoms with van der Waals surface area (Å²) in [5.74, 6) is -0.371. The van der Waals surface area contributed by atoms with E-state index in [1.54, 1.807) is 18.3 Å². The average molecular weight is 1020 g/mol. The second-order valence-corrected chi connectivity index (χ2v) is 22.8. The van der Waals surface area contributed by atoms with Gasteiger partial charge in [0.2, 0.25) is 17.7 Å². The average Bonchev–Trinajstić information content (AvgIpc) is 3.73. The maximum Gasteiger partial charge on any atom is 0.319 e. The third-order valence-electron chi connectivity index (χ3n) is 18.0. The number of likely N-dealkylation sites (tertiary alicyclic amines) is 3. The number of pyridine rings is 1. The fraction of sp³-hybridized carbons (Fsp3) is 0.534. The Morgan fingerprint density at radius 3 is 2.44 bits per heavy atom. The minimum absolute atomic E-state index is 0.0270. The van der Waals surface area contributed by atoms with Crippen molar-refractivity contribution in [1.29, 1.82) is 0 Å². The number of hydrogen-bond donors (Lipinski definition) is 2. The second kappa shape index (κ2) is 20.0. The van der Waals surface area contributed by atoms with Gasteiger partial charge in [0.25, 0.3) is 0 Å². The summed E-state index contributed by atoms with van der Waals surface area (Å²) >= 11 is 0. The summed E-state index contributed by atoms with van der Waals surface area (Å²) < 4.78 is 40.7. The Morgan fingerprint density at radius 1 is 0.907 bits per heavy atom. The van der Waals surface area contributed by atoms with Gasteiger partial charge in [0.15, 0.2) is 5.82 Å². The molecule has 1 aliphatic carbocycles. The van der Waals surface area contributed by atoms with E-state index in [0.29, 0.717) is 108 Å².